The van der Waals surface area contributed by atoms with Crippen molar-refractivity contribution >= 4 is 45.9 Å². The molecule has 0 saturated carbocycles. The molecule has 0 unspecified atom stereocenters. The van der Waals surface area contributed by atoms with Crippen LogP contribution in [0.25, 0.3) is 0 Å². The monoisotopic (exact) mass is 489 g/mol. The SMILES string of the molecule is CN=C(NCc1ccccc1)NCc1cc(Br)ccc1OC.I. The van der Waals surface area contributed by atoms with Gasteiger partial charge in [-0.2, -0.15) is 0 Å². The standard InChI is InChI=1S/C17H20BrN3O.HI/c1-19-17(20-11-13-6-4-3-5-7-13)21-12-14-10-15(18)8-9-16(14)22-2;/h3-10H,11-12H2,1-2H3,(H2,19,20,21);1H. The first-order valence-corrected chi connectivity index (χ1v) is 7.83. The number of hydrogen-bond acceptors (Lipinski definition) is 2. The van der Waals surface area contributed by atoms with Crippen molar-refractivity contribution in [3.63, 3.8) is 0 Å². The average Bonchev–Trinajstić information content (AvgIpc) is 2.56. The fraction of sp³-hybridized carbons (Fsp3) is 0.235. The molecule has 0 spiro atoms. The highest BCUT2D eigenvalue weighted by molar-refractivity contribution is 14.0. The molecule has 2 aromatic rings. The molecule has 0 bridgehead atoms. The van der Waals surface area contributed by atoms with Crippen molar-refractivity contribution in [3.8, 4) is 5.75 Å². The Labute approximate surface area is 162 Å². The van der Waals surface area contributed by atoms with Crippen LogP contribution in [0.4, 0.5) is 0 Å². The predicted molar refractivity (Wildman–Crippen MR) is 110 cm³/mol. The van der Waals surface area contributed by atoms with Gasteiger partial charge in [0.1, 0.15) is 5.75 Å². The number of hydrogen-bond donors (Lipinski definition) is 2. The molecular weight excluding hydrogens is 469 g/mol. The highest BCUT2D eigenvalue weighted by atomic mass is 127. The number of ether oxygens (including phenoxy) is 1. The van der Waals surface area contributed by atoms with Crippen LogP contribution in [0.1, 0.15) is 11.1 Å². The van der Waals surface area contributed by atoms with Gasteiger partial charge in [0, 0.05) is 30.2 Å². The third kappa shape index (κ3) is 6.39. The van der Waals surface area contributed by atoms with Crippen LogP contribution in [-0.4, -0.2) is 20.1 Å². The van der Waals surface area contributed by atoms with Crippen LogP contribution < -0.4 is 15.4 Å². The molecule has 0 radical (unpaired) electrons. The Morgan fingerprint density at radius 1 is 1.09 bits per heavy atom. The third-order valence-electron chi connectivity index (χ3n) is 3.22. The summed E-state index contributed by atoms with van der Waals surface area (Å²) in [6.07, 6.45) is 0. The lowest BCUT2D eigenvalue weighted by molar-refractivity contribution is 0.409. The minimum absolute atomic E-state index is 0. The number of methoxy groups -OCH3 is 1. The van der Waals surface area contributed by atoms with Crippen molar-refractivity contribution in [3.05, 3.63) is 64.1 Å². The highest BCUT2D eigenvalue weighted by Crippen LogP contribution is 2.22. The van der Waals surface area contributed by atoms with E-state index in [2.05, 4.69) is 43.7 Å². The fourth-order valence-electron chi connectivity index (χ4n) is 2.07. The first-order valence-electron chi connectivity index (χ1n) is 7.04. The lowest BCUT2D eigenvalue weighted by atomic mass is 10.2. The largest absolute Gasteiger partial charge is 0.496 e. The molecule has 4 nitrogen and oxygen atoms in total. The van der Waals surface area contributed by atoms with Crippen LogP contribution in [0.5, 0.6) is 5.75 Å². The molecule has 0 atom stereocenters. The normalized spacial score (nSPS) is 10.7. The molecule has 0 heterocycles. The Bertz CT molecular complexity index is 635. The first-order chi connectivity index (χ1) is 10.7. The molecule has 0 aliphatic carbocycles. The lowest BCUT2D eigenvalue weighted by Crippen LogP contribution is -2.36. The van der Waals surface area contributed by atoms with Crippen LogP contribution in [0.3, 0.4) is 0 Å². The topological polar surface area (TPSA) is 45.7 Å². The molecule has 0 saturated heterocycles. The van der Waals surface area contributed by atoms with Crippen molar-refractivity contribution < 1.29 is 4.74 Å². The van der Waals surface area contributed by atoms with Gasteiger partial charge in [0.15, 0.2) is 5.96 Å². The van der Waals surface area contributed by atoms with E-state index in [-0.39, 0.29) is 24.0 Å². The van der Waals surface area contributed by atoms with Crippen molar-refractivity contribution in [1.29, 1.82) is 0 Å². The van der Waals surface area contributed by atoms with E-state index in [1.165, 1.54) is 5.56 Å². The molecule has 124 valence electrons. The third-order valence-corrected chi connectivity index (χ3v) is 3.71. The minimum Gasteiger partial charge on any atom is -0.496 e. The number of guanidine groups is 1. The van der Waals surface area contributed by atoms with E-state index in [0.29, 0.717) is 6.54 Å². The van der Waals surface area contributed by atoms with Crippen LogP contribution in [0.2, 0.25) is 0 Å². The van der Waals surface area contributed by atoms with Crippen LogP contribution in [0.15, 0.2) is 58.0 Å². The molecule has 0 aliphatic rings. The number of aliphatic imine (C=N–C) groups is 1. The minimum atomic E-state index is 0. The molecule has 0 aromatic heterocycles. The Morgan fingerprint density at radius 3 is 2.43 bits per heavy atom. The van der Waals surface area contributed by atoms with Crippen molar-refractivity contribution in [1.82, 2.24) is 10.6 Å². The van der Waals surface area contributed by atoms with Crippen molar-refractivity contribution in [2.45, 2.75) is 13.1 Å². The van der Waals surface area contributed by atoms with E-state index in [9.17, 15) is 0 Å². The molecule has 6 heteroatoms. The van der Waals surface area contributed by atoms with Crippen LogP contribution in [-0.2, 0) is 13.1 Å². The second-order valence-electron chi connectivity index (χ2n) is 4.72. The van der Waals surface area contributed by atoms with Crippen LogP contribution >= 0.6 is 39.9 Å². The van der Waals surface area contributed by atoms with Crippen LogP contribution in [0, 0.1) is 0 Å². The van der Waals surface area contributed by atoms with E-state index >= 15 is 0 Å². The summed E-state index contributed by atoms with van der Waals surface area (Å²) in [7, 11) is 3.44. The average molecular weight is 490 g/mol. The Morgan fingerprint density at radius 2 is 1.78 bits per heavy atom. The number of nitrogens with zero attached hydrogens (tertiary/aromatic N) is 1. The number of benzene rings is 2. The van der Waals surface area contributed by atoms with Gasteiger partial charge in [-0.15, -0.1) is 24.0 Å². The summed E-state index contributed by atoms with van der Waals surface area (Å²) >= 11 is 3.48. The summed E-state index contributed by atoms with van der Waals surface area (Å²) in [4.78, 5) is 4.24. The first kappa shape index (κ1) is 19.8. The summed E-state index contributed by atoms with van der Waals surface area (Å²) in [5, 5.41) is 6.59. The van der Waals surface area contributed by atoms with Crippen molar-refractivity contribution in [2.75, 3.05) is 14.2 Å². The van der Waals surface area contributed by atoms with E-state index < -0.39 is 0 Å². The van der Waals surface area contributed by atoms with E-state index in [0.717, 1.165) is 28.3 Å². The number of rotatable bonds is 5. The zero-order valence-corrected chi connectivity index (χ0v) is 17.1. The molecule has 0 amide bonds. The van der Waals surface area contributed by atoms with Gasteiger partial charge in [-0.05, 0) is 23.8 Å². The Kier molecular flexibility index (Phi) is 9.01. The lowest BCUT2D eigenvalue weighted by Gasteiger charge is -2.14. The Balaban J connectivity index is 0.00000264. The second-order valence-corrected chi connectivity index (χ2v) is 5.64. The molecule has 2 N–H and O–H groups in total. The highest BCUT2D eigenvalue weighted by Gasteiger charge is 2.05. The fourth-order valence-corrected chi connectivity index (χ4v) is 2.48. The van der Waals surface area contributed by atoms with Gasteiger partial charge >= 0.3 is 0 Å². The van der Waals surface area contributed by atoms with E-state index in [1.54, 1.807) is 14.2 Å². The van der Waals surface area contributed by atoms with Gasteiger partial charge in [-0.3, -0.25) is 4.99 Å². The second kappa shape index (κ2) is 10.5. The maximum atomic E-state index is 5.37. The molecule has 2 rings (SSSR count). The zero-order valence-electron chi connectivity index (χ0n) is 13.2. The molecule has 23 heavy (non-hydrogen) atoms. The van der Waals surface area contributed by atoms with Gasteiger partial charge in [0.2, 0.25) is 0 Å². The van der Waals surface area contributed by atoms with Gasteiger partial charge in [0.05, 0.1) is 7.11 Å². The summed E-state index contributed by atoms with van der Waals surface area (Å²) in [5.41, 5.74) is 2.28. The molecule has 0 aliphatic heterocycles. The Hall–Kier alpha value is -1.28. The molecule has 0 fully saturated rings. The van der Waals surface area contributed by atoms with E-state index in [1.807, 2.05) is 36.4 Å². The zero-order chi connectivity index (χ0) is 15.8. The predicted octanol–water partition coefficient (Wildman–Crippen LogP) is 3.94. The van der Waals surface area contributed by atoms with Crippen molar-refractivity contribution in [2.24, 2.45) is 4.99 Å². The summed E-state index contributed by atoms with van der Waals surface area (Å²) in [5.74, 6) is 1.61. The summed E-state index contributed by atoms with van der Waals surface area (Å²) in [6, 6.07) is 16.2. The van der Waals surface area contributed by atoms with Gasteiger partial charge in [-0.1, -0.05) is 46.3 Å². The van der Waals surface area contributed by atoms with Gasteiger partial charge in [0.25, 0.3) is 0 Å². The number of halogens is 2. The van der Waals surface area contributed by atoms with E-state index in [4.69, 9.17) is 4.74 Å². The summed E-state index contributed by atoms with van der Waals surface area (Å²) in [6.45, 7) is 1.37. The quantitative estimate of drug-likeness (QED) is 0.380. The number of nitrogens with one attached hydrogen (secondary N) is 2. The maximum Gasteiger partial charge on any atom is 0.191 e. The van der Waals surface area contributed by atoms with Gasteiger partial charge < -0.3 is 15.4 Å². The maximum absolute atomic E-state index is 5.37. The molecule has 2 aromatic carbocycles. The van der Waals surface area contributed by atoms with Gasteiger partial charge in [-0.25, -0.2) is 0 Å². The smallest absolute Gasteiger partial charge is 0.191 e. The summed E-state index contributed by atoms with van der Waals surface area (Å²) < 4.78 is 6.40. The molecular formula is C17H21BrIN3O.